The molecular weight excluding hydrogens is 525 g/mol. The first kappa shape index (κ1) is 30.5. The Kier molecular flexibility index (Phi) is 10.1. The van der Waals surface area contributed by atoms with Crippen molar-refractivity contribution >= 4 is 11.9 Å². The molecule has 0 aliphatic rings. The zero-order chi connectivity index (χ0) is 29.3. The second-order valence-electron chi connectivity index (χ2n) is 10.3. The summed E-state index contributed by atoms with van der Waals surface area (Å²) in [5, 5.41) is 11.3. The van der Waals surface area contributed by atoms with Crippen molar-refractivity contribution in [2.75, 3.05) is 13.2 Å². The van der Waals surface area contributed by atoms with E-state index in [1.165, 1.54) is 24.3 Å². The van der Waals surface area contributed by atoms with Crippen molar-refractivity contribution in [3.8, 4) is 22.8 Å². The summed E-state index contributed by atoms with van der Waals surface area (Å²) in [6, 6.07) is 14.7. The number of amides is 1. The molecule has 7 nitrogen and oxygen atoms in total. The monoisotopic (exact) mass is 558 g/mol. The van der Waals surface area contributed by atoms with Crippen molar-refractivity contribution in [1.82, 2.24) is 10.3 Å². The topological polar surface area (TPSA) is 97.8 Å². The molecule has 0 unspecified atom stereocenters. The average molecular weight is 559 g/mol. The van der Waals surface area contributed by atoms with Crippen LogP contribution in [0.2, 0.25) is 0 Å². The molecule has 3 aromatic rings. The van der Waals surface area contributed by atoms with Gasteiger partial charge in [-0.3, -0.25) is 14.6 Å². The number of pyridine rings is 1. The van der Waals surface area contributed by atoms with Crippen LogP contribution in [0.4, 0.5) is 13.2 Å². The molecule has 1 heterocycles. The van der Waals surface area contributed by atoms with Gasteiger partial charge in [0.2, 0.25) is 0 Å². The van der Waals surface area contributed by atoms with Crippen molar-refractivity contribution in [2.24, 2.45) is 5.41 Å². The van der Waals surface area contributed by atoms with Crippen LogP contribution in [0.3, 0.4) is 0 Å². The fourth-order valence-electron chi connectivity index (χ4n) is 4.07. The van der Waals surface area contributed by atoms with Crippen LogP contribution in [0.25, 0.3) is 11.3 Å². The number of rotatable bonds is 13. The molecular formula is C30H33F3N2O5. The maximum Gasteiger partial charge on any atom is 0.573 e. The van der Waals surface area contributed by atoms with E-state index in [-0.39, 0.29) is 30.0 Å². The van der Waals surface area contributed by atoms with Crippen LogP contribution in [-0.4, -0.2) is 41.5 Å². The number of aliphatic carboxylic acids is 1. The number of carboxylic acid groups (broad SMARTS) is 1. The highest BCUT2D eigenvalue weighted by atomic mass is 19.4. The van der Waals surface area contributed by atoms with Gasteiger partial charge < -0.3 is 19.9 Å². The Bertz CT molecular complexity index is 1290. The van der Waals surface area contributed by atoms with Gasteiger partial charge in [0.1, 0.15) is 11.5 Å². The number of benzene rings is 2. The lowest BCUT2D eigenvalue weighted by Gasteiger charge is -2.25. The van der Waals surface area contributed by atoms with Crippen LogP contribution >= 0.6 is 0 Å². The van der Waals surface area contributed by atoms with Crippen LogP contribution in [0.15, 0.2) is 60.8 Å². The molecule has 0 bridgehead atoms. The molecule has 0 aliphatic carbocycles. The van der Waals surface area contributed by atoms with Gasteiger partial charge in [0, 0.05) is 17.7 Å². The summed E-state index contributed by atoms with van der Waals surface area (Å²) in [5.41, 5.74) is 3.64. The molecule has 0 fully saturated rings. The van der Waals surface area contributed by atoms with Crippen LogP contribution in [-0.2, 0) is 11.2 Å². The fraction of sp³-hybridized carbons (Fsp3) is 0.367. The average Bonchev–Trinajstić information content (AvgIpc) is 2.87. The van der Waals surface area contributed by atoms with Gasteiger partial charge in [-0.15, -0.1) is 13.2 Å². The molecule has 0 saturated heterocycles. The van der Waals surface area contributed by atoms with Gasteiger partial charge >= 0.3 is 12.3 Å². The van der Waals surface area contributed by atoms with Gasteiger partial charge in [-0.1, -0.05) is 26.0 Å². The van der Waals surface area contributed by atoms with Gasteiger partial charge in [0.05, 0.1) is 24.9 Å². The van der Waals surface area contributed by atoms with E-state index in [4.69, 9.17) is 9.84 Å². The van der Waals surface area contributed by atoms with Crippen LogP contribution in [0.1, 0.15) is 54.6 Å². The summed E-state index contributed by atoms with van der Waals surface area (Å²) in [6.07, 6.45) is -0.581. The van der Waals surface area contributed by atoms with E-state index in [0.29, 0.717) is 29.2 Å². The van der Waals surface area contributed by atoms with Crippen molar-refractivity contribution < 1.29 is 37.3 Å². The Labute approximate surface area is 231 Å². The zero-order valence-electron chi connectivity index (χ0n) is 22.7. The number of halogens is 3. The Balaban J connectivity index is 1.46. The second-order valence-corrected chi connectivity index (χ2v) is 10.3. The number of carboxylic acids is 1. The molecule has 1 amide bonds. The first-order chi connectivity index (χ1) is 18.8. The number of hydrogen-bond donors (Lipinski definition) is 2. The van der Waals surface area contributed by atoms with E-state index < -0.39 is 12.3 Å². The molecule has 0 saturated carbocycles. The number of carbonyl (C=O) groups is 2. The number of carbonyl (C=O) groups excluding carboxylic acids is 1. The lowest BCUT2D eigenvalue weighted by molar-refractivity contribution is -0.274. The Morgan fingerprint density at radius 3 is 2.27 bits per heavy atom. The quantitative estimate of drug-likeness (QED) is 0.246. The molecule has 2 aromatic carbocycles. The largest absolute Gasteiger partial charge is 0.573 e. The molecule has 214 valence electrons. The van der Waals surface area contributed by atoms with E-state index in [1.807, 2.05) is 25.1 Å². The predicted molar refractivity (Wildman–Crippen MR) is 144 cm³/mol. The minimum absolute atomic E-state index is 0.0881. The van der Waals surface area contributed by atoms with Gasteiger partial charge in [-0.25, -0.2) is 0 Å². The first-order valence-electron chi connectivity index (χ1n) is 12.9. The molecule has 0 spiro atoms. The third-order valence-electron chi connectivity index (χ3n) is 6.20. The van der Waals surface area contributed by atoms with E-state index in [1.54, 1.807) is 18.3 Å². The number of aryl methyl sites for hydroxylation is 2. The number of hydrogen-bond acceptors (Lipinski definition) is 5. The summed E-state index contributed by atoms with van der Waals surface area (Å²) < 4.78 is 47.1. The summed E-state index contributed by atoms with van der Waals surface area (Å²) in [4.78, 5) is 27.1. The number of aromatic nitrogens is 1. The summed E-state index contributed by atoms with van der Waals surface area (Å²) >= 11 is 0. The molecule has 0 aliphatic heterocycles. The molecule has 40 heavy (non-hydrogen) atoms. The predicted octanol–water partition coefficient (Wildman–Crippen LogP) is 6.59. The molecule has 10 heteroatoms. The highest BCUT2D eigenvalue weighted by molar-refractivity contribution is 5.94. The number of ether oxygens (including phenoxy) is 2. The summed E-state index contributed by atoms with van der Waals surface area (Å²) in [6.45, 7) is 6.68. The first-order valence-corrected chi connectivity index (χ1v) is 12.9. The molecule has 1 aromatic heterocycles. The number of nitrogens with one attached hydrogen (secondary N) is 1. The standard InChI is InChI=1S/C30H33F3N2O5/c1-20-17-25(18-35-27(20)22-10-12-24(13-11-22)40-30(31,32)33)39-19-29(2,3)15-4-5-21-6-8-23(9-7-21)28(38)34-16-14-26(36)37/h6-13,17-18H,4-5,14-16,19H2,1-3H3,(H,34,38)(H,36,37). The Hall–Kier alpha value is -4.08. The fourth-order valence-corrected chi connectivity index (χ4v) is 4.07. The zero-order valence-corrected chi connectivity index (χ0v) is 22.7. The lowest BCUT2D eigenvalue weighted by atomic mass is 9.87. The molecule has 0 radical (unpaired) electrons. The Morgan fingerprint density at radius 1 is 1.00 bits per heavy atom. The van der Waals surface area contributed by atoms with E-state index in [9.17, 15) is 22.8 Å². The Morgan fingerprint density at radius 2 is 1.68 bits per heavy atom. The van der Waals surface area contributed by atoms with Crippen LogP contribution in [0.5, 0.6) is 11.5 Å². The van der Waals surface area contributed by atoms with E-state index in [0.717, 1.165) is 30.4 Å². The lowest BCUT2D eigenvalue weighted by Crippen LogP contribution is -2.25. The SMILES string of the molecule is Cc1cc(OCC(C)(C)CCCc2ccc(C(=O)NCCC(=O)O)cc2)cnc1-c1ccc(OC(F)(F)F)cc1. The van der Waals surface area contributed by atoms with Gasteiger partial charge in [0.25, 0.3) is 5.91 Å². The normalized spacial score (nSPS) is 11.7. The molecule has 2 N–H and O–H groups in total. The summed E-state index contributed by atoms with van der Waals surface area (Å²) in [7, 11) is 0. The van der Waals surface area contributed by atoms with Gasteiger partial charge in [-0.2, -0.15) is 0 Å². The van der Waals surface area contributed by atoms with Crippen LogP contribution in [0, 0.1) is 12.3 Å². The number of alkyl halides is 3. The number of nitrogens with zero attached hydrogens (tertiary/aromatic N) is 1. The maximum absolute atomic E-state index is 12.4. The highest BCUT2D eigenvalue weighted by Gasteiger charge is 2.31. The second kappa shape index (κ2) is 13.3. The third kappa shape index (κ3) is 9.91. The molecule has 0 atom stereocenters. The smallest absolute Gasteiger partial charge is 0.491 e. The van der Waals surface area contributed by atoms with E-state index >= 15 is 0 Å². The van der Waals surface area contributed by atoms with Crippen molar-refractivity contribution in [1.29, 1.82) is 0 Å². The van der Waals surface area contributed by atoms with Gasteiger partial charge in [0.15, 0.2) is 0 Å². The van der Waals surface area contributed by atoms with Crippen molar-refractivity contribution in [3.05, 3.63) is 77.5 Å². The van der Waals surface area contributed by atoms with Crippen molar-refractivity contribution in [3.63, 3.8) is 0 Å². The van der Waals surface area contributed by atoms with E-state index in [2.05, 4.69) is 28.9 Å². The van der Waals surface area contributed by atoms with Crippen LogP contribution < -0.4 is 14.8 Å². The molecule has 3 rings (SSSR count). The minimum Gasteiger partial charge on any atom is -0.491 e. The summed E-state index contributed by atoms with van der Waals surface area (Å²) in [5.74, 6) is -0.925. The highest BCUT2D eigenvalue weighted by Crippen LogP contribution is 2.30. The third-order valence-corrected chi connectivity index (χ3v) is 6.20. The maximum atomic E-state index is 12.4. The van der Waals surface area contributed by atoms with Gasteiger partial charge in [-0.05, 0) is 85.2 Å². The van der Waals surface area contributed by atoms with Crippen molar-refractivity contribution in [2.45, 2.75) is 52.8 Å². The minimum atomic E-state index is -4.74.